The average Bonchev–Trinajstić information content (AvgIpc) is 2.37. The second kappa shape index (κ2) is 6.56. The van der Waals surface area contributed by atoms with Gasteiger partial charge in [0.15, 0.2) is 0 Å². The largest absolute Gasteiger partial charge is 0.497 e. The van der Waals surface area contributed by atoms with Crippen LogP contribution in [-0.2, 0) is 16.4 Å². The first-order chi connectivity index (χ1) is 9.25. The van der Waals surface area contributed by atoms with E-state index >= 15 is 0 Å². The van der Waals surface area contributed by atoms with Crippen molar-refractivity contribution in [3.05, 3.63) is 23.8 Å². The molecule has 0 amide bonds. The van der Waals surface area contributed by atoms with Gasteiger partial charge in [-0.25, -0.2) is 13.1 Å². The van der Waals surface area contributed by atoms with E-state index in [1.54, 1.807) is 12.1 Å². The van der Waals surface area contributed by atoms with E-state index in [-0.39, 0.29) is 17.9 Å². The standard InChI is InChI=1S/C14H23NO4S/c1-5-14(2,3)15-20(17,18)13-7-6-12(19-4)10-11(13)8-9-16/h6-7,10,15-16H,5,8-9H2,1-4H3. The fraction of sp³-hybridized carbons (Fsp3) is 0.571. The van der Waals surface area contributed by atoms with Crippen molar-refractivity contribution in [3.8, 4) is 5.75 Å². The second-order valence-corrected chi connectivity index (χ2v) is 6.94. The Kier molecular flexibility index (Phi) is 5.56. The van der Waals surface area contributed by atoms with Gasteiger partial charge in [-0.15, -0.1) is 0 Å². The summed E-state index contributed by atoms with van der Waals surface area (Å²) in [4.78, 5) is 0.189. The van der Waals surface area contributed by atoms with Gasteiger partial charge in [-0.1, -0.05) is 6.92 Å². The number of hydrogen-bond donors (Lipinski definition) is 2. The Bertz CT molecular complexity index is 552. The maximum atomic E-state index is 12.5. The van der Waals surface area contributed by atoms with Crippen LogP contribution in [0.15, 0.2) is 23.1 Å². The molecule has 114 valence electrons. The summed E-state index contributed by atoms with van der Waals surface area (Å²) in [6.45, 7) is 5.47. The van der Waals surface area contributed by atoms with E-state index in [9.17, 15) is 8.42 Å². The van der Waals surface area contributed by atoms with Crippen molar-refractivity contribution in [2.45, 2.75) is 44.0 Å². The number of methoxy groups -OCH3 is 1. The van der Waals surface area contributed by atoms with Crippen molar-refractivity contribution in [1.82, 2.24) is 4.72 Å². The van der Waals surface area contributed by atoms with E-state index < -0.39 is 15.6 Å². The van der Waals surface area contributed by atoms with Crippen LogP contribution < -0.4 is 9.46 Å². The monoisotopic (exact) mass is 301 g/mol. The smallest absolute Gasteiger partial charge is 0.241 e. The van der Waals surface area contributed by atoms with Crippen LogP contribution in [0.4, 0.5) is 0 Å². The van der Waals surface area contributed by atoms with Gasteiger partial charge in [0.1, 0.15) is 5.75 Å². The van der Waals surface area contributed by atoms with Gasteiger partial charge in [0.05, 0.1) is 12.0 Å². The van der Waals surface area contributed by atoms with Gasteiger partial charge in [-0.3, -0.25) is 0 Å². The lowest BCUT2D eigenvalue weighted by Gasteiger charge is -2.25. The van der Waals surface area contributed by atoms with E-state index in [2.05, 4.69) is 4.72 Å². The number of sulfonamides is 1. The summed E-state index contributed by atoms with van der Waals surface area (Å²) in [5.41, 5.74) is 0.0289. The highest BCUT2D eigenvalue weighted by molar-refractivity contribution is 7.89. The molecule has 0 heterocycles. The van der Waals surface area contributed by atoms with Crippen LogP contribution in [0.25, 0.3) is 0 Å². The Morgan fingerprint density at radius 3 is 2.50 bits per heavy atom. The summed E-state index contributed by atoms with van der Waals surface area (Å²) in [7, 11) is -2.11. The lowest BCUT2D eigenvalue weighted by molar-refractivity contribution is 0.298. The molecule has 2 N–H and O–H groups in total. The molecule has 0 saturated heterocycles. The molecular formula is C14H23NO4S. The maximum absolute atomic E-state index is 12.5. The average molecular weight is 301 g/mol. The zero-order valence-corrected chi connectivity index (χ0v) is 13.3. The van der Waals surface area contributed by atoms with Crippen molar-refractivity contribution in [2.24, 2.45) is 0 Å². The molecule has 0 unspecified atom stereocenters. The van der Waals surface area contributed by atoms with Crippen LogP contribution in [0, 0.1) is 0 Å². The Hall–Kier alpha value is -1.11. The molecule has 0 aliphatic carbocycles. The summed E-state index contributed by atoms with van der Waals surface area (Å²) in [6, 6.07) is 4.76. The molecule has 0 saturated carbocycles. The quantitative estimate of drug-likeness (QED) is 0.803. The van der Waals surface area contributed by atoms with E-state index in [4.69, 9.17) is 9.84 Å². The predicted octanol–water partition coefficient (Wildman–Crippen LogP) is 1.70. The Morgan fingerprint density at radius 1 is 1.35 bits per heavy atom. The molecule has 0 spiro atoms. The van der Waals surface area contributed by atoms with Crippen LogP contribution in [0.1, 0.15) is 32.8 Å². The lowest BCUT2D eigenvalue weighted by Crippen LogP contribution is -2.42. The van der Waals surface area contributed by atoms with Gasteiger partial charge in [0, 0.05) is 12.1 Å². The van der Waals surface area contributed by atoms with Crippen LogP contribution in [0.3, 0.4) is 0 Å². The van der Waals surface area contributed by atoms with Crippen molar-refractivity contribution in [3.63, 3.8) is 0 Å². The molecule has 6 heteroatoms. The highest BCUT2D eigenvalue weighted by Gasteiger charge is 2.26. The van der Waals surface area contributed by atoms with Crippen LogP contribution in [0.2, 0.25) is 0 Å². The van der Waals surface area contributed by atoms with Crippen LogP contribution in [-0.4, -0.2) is 32.8 Å². The summed E-state index contributed by atoms with van der Waals surface area (Å²) in [6.07, 6.45) is 0.942. The number of aliphatic hydroxyl groups excluding tert-OH is 1. The van der Waals surface area contributed by atoms with Gasteiger partial charge in [0.2, 0.25) is 10.0 Å². The number of rotatable bonds is 7. The molecular weight excluding hydrogens is 278 g/mol. The van der Waals surface area contributed by atoms with Crippen molar-refractivity contribution in [2.75, 3.05) is 13.7 Å². The van der Waals surface area contributed by atoms with Gasteiger partial charge < -0.3 is 9.84 Å². The van der Waals surface area contributed by atoms with E-state index in [1.807, 2.05) is 20.8 Å². The number of hydrogen-bond acceptors (Lipinski definition) is 4. The SMILES string of the molecule is CCC(C)(C)NS(=O)(=O)c1ccc(OC)cc1CCO. The number of benzene rings is 1. The lowest BCUT2D eigenvalue weighted by atomic mass is 10.0. The topological polar surface area (TPSA) is 75.6 Å². The summed E-state index contributed by atoms with van der Waals surface area (Å²) >= 11 is 0. The molecule has 20 heavy (non-hydrogen) atoms. The van der Waals surface area contributed by atoms with E-state index in [0.717, 1.165) is 0 Å². The minimum absolute atomic E-state index is 0.118. The molecule has 0 bridgehead atoms. The van der Waals surface area contributed by atoms with Gasteiger partial charge >= 0.3 is 0 Å². The zero-order chi connectivity index (χ0) is 15.4. The minimum Gasteiger partial charge on any atom is -0.497 e. The highest BCUT2D eigenvalue weighted by atomic mass is 32.2. The van der Waals surface area contributed by atoms with Crippen molar-refractivity contribution >= 4 is 10.0 Å². The summed E-state index contributed by atoms with van der Waals surface area (Å²) in [5, 5.41) is 9.10. The summed E-state index contributed by atoms with van der Waals surface area (Å²) < 4.78 is 32.7. The van der Waals surface area contributed by atoms with E-state index in [0.29, 0.717) is 17.7 Å². The maximum Gasteiger partial charge on any atom is 0.241 e. The Balaban J connectivity index is 3.23. The molecule has 0 atom stereocenters. The van der Waals surface area contributed by atoms with Gasteiger partial charge in [-0.05, 0) is 50.5 Å². The highest BCUT2D eigenvalue weighted by Crippen LogP contribution is 2.24. The second-order valence-electron chi connectivity index (χ2n) is 5.29. The van der Waals surface area contributed by atoms with Crippen LogP contribution in [0.5, 0.6) is 5.75 Å². The molecule has 0 aliphatic heterocycles. The molecule has 0 fully saturated rings. The Morgan fingerprint density at radius 2 is 2.00 bits per heavy atom. The first-order valence-electron chi connectivity index (χ1n) is 6.57. The Labute approximate surface area is 121 Å². The fourth-order valence-corrected chi connectivity index (χ4v) is 3.49. The molecule has 0 aliphatic rings. The van der Waals surface area contributed by atoms with Gasteiger partial charge in [-0.2, -0.15) is 0 Å². The first kappa shape index (κ1) is 16.9. The van der Waals surface area contributed by atoms with Gasteiger partial charge in [0.25, 0.3) is 0 Å². The van der Waals surface area contributed by atoms with E-state index in [1.165, 1.54) is 13.2 Å². The molecule has 1 rings (SSSR count). The zero-order valence-electron chi connectivity index (χ0n) is 12.4. The van der Waals surface area contributed by atoms with Crippen LogP contribution >= 0.6 is 0 Å². The summed E-state index contributed by atoms with van der Waals surface area (Å²) in [5.74, 6) is 0.571. The number of aliphatic hydroxyl groups is 1. The van der Waals surface area contributed by atoms with Crippen molar-refractivity contribution < 1.29 is 18.3 Å². The fourth-order valence-electron chi connectivity index (χ4n) is 1.75. The normalized spacial score (nSPS) is 12.4. The first-order valence-corrected chi connectivity index (χ1v) is 8.06. The minimum atomic E-state index is -3.62. The number of ether oxygens (including phenoxy) is 1. The third-order valence-electron chi connectivity index (χ3n) is 3.23. The molecule has 1 aromatic rings. The third kappa shape index (κ3) is 4.19. The predicted molar refractivity (Wildman–Crippen MR) is 78.5 cm³/mol. The van der Waals surface area contributed by atoms with Crippen molar-refractivity contribution in [1.29, 1.82) is 0 Å². The third-order valence-corrected chi connectivity index (χ3v) is 5.03. The molecule has 0 radical (unpaired) electrons. The molecule has 1 aromatic carbocycles. The number of nitrogens with one attached hydrogen (secondary N) is 1. The molecule has 5 nitrogen and oxygen atoms in total. The molecule has 0 aromatic heterocycles.